The van der Waals surface area contributed by atoms with E-state index < -0.39 is 0 Å². The largest absolute Gasteiger partial charge is 0.489 e. The molecule has 1 heterocycles. The molecule has 0 spiro atoms. The number of rotatable bonds is 5. The van der Waals surface area contributed by atoms with Gasteiger partial charge in [0, 0.05) is 12.6 Å². The summed E-state index contributed by atoms with van der Waals surface area (Å²) in [4.78, 5) is 0. The number of anilines is 1. The first-order valence-corrected chi connectivity index (χ1v) is 7.21. The Morgan fingerprint density at radius 2 is 2.05 bits per heavy atom. The molecule has 21 heavy (non-hydrogen) atoms. The van der Waals surface area contributed by atoms with E-state index in [2.05, 4.69) is 23.6 Å². The Labute approximate surface area is 124 Å². The van der Waals surface area contributed by atoms with Crippen molar-refractivity contribution in [2.24, 2.45) is 0 Å². The fourth-order valence-electron chi connectivity index (χ4n) is 2.47. The molecular weight excluding hydrogens is 264 g/mol. The van der Waals surface area contributed by atoms with Crippen LogP contribution in [-0.2, 0) is 13.2 Å². The third-order valence-corrected chi connectivity index (χ3v) is 3.50. The Hall–Kier alpha value is -2.04. The van der Waals surface area contributed by atoms with Gasteiger partial charge in [0.1, 0.15) is 12.4 Å². The zero-order valence-corrected chi connectivity index (χ0v) is 12.1. The summed E-state index contributed by atoms with van der Waals surface area (Å²) in [7, 11) is 0. The molecule has 110 valence electrons. The second-order valence-corrected chi connectivity index (χ2v) is 5.36. The zero-order valence-electron chi connectivity index (χ0n) is 12.1. The molecule has 0 unspecified atom stereocenters. The van der Waals surface area contributed by atoms with Crippen LogP contribution in [0.4, 0.5) is 5.69 Å². The smallest absolute Gasteiger partial charge is 0.121 e. The van der Waals surface area contributed by atoms with Gasteiger partial charge in [0.2, 0.25) is 0 Å². The Balaban J connectivity index is 1.70. The number of β-amino-alcohol motifs (C(OH)–C–C–N with tert-alkyl or cyclic N) is 1. The molecule has 0 saturated heterocycles. The van der Waals surface area contributed by atoms with Crippen LogP contribution in [0.1, 0.15) is 18.1 Å². The maximum absolute atomic E-state index is 9.55. The zero-order chi connectivity index (χ0) is 14.7. The summed E-state index contributed by atoms with van der Waals surface area (Å²) in [6, 6.07) is 16.2. The highest BCUT2D eigenvalue weighted by molar-refractivity contribution is 5.59. The molecule has 4 heteroatoms. The van der Waals surface area contributed by atoms with Crippen molar-refractivity contribution in [3.05, 3.63) is 59.7 Å². The van der Waals surface area contributed by atoms with E-state index in [1.807, 2.05) is 35.3 Å². The summed E-state index contributed by atoms with van der Waals surface area (Å²) in [5.41, 5.74) is 6.73. The highest BCUT2D eigenvalue weighted by Gasteiger charge is 2.20. The van der Waals surface area contributed by atoms with Gasteiger partial charge in [0.05, 0.1) is 18.3 Å². The van der Waals surface area contributed by atoms with Crippen LogP contribution in [0.25, 0.3) is 0 Å². The predicted molar refractivity (Wildman–Crippen MR) is 83.1 cm³/mol. The summed E-state index contributed by atoms with van der Waals surface area (Å²) in [6.45, 7) is 3.70. The summed E-state index contributed by atoms with van der Waals surface area (Å²) in [5, 5.41) is 11.5. The summed E-state index contributed by atoms with van der Waals surface area (Å²) in [5.74, 6) is 0.844. The monoisotopic (exact) mass is 284 g/mol. The van der Waals surface area contributed by atoms with Gasteiger partial charge in [-0.05, 0) is 24.1 Å². The molecule has 0 amide bonds. The van der Waals surface area contributed by atoms with E-state index in [1.165, 1.54) is 5.56 Å². The summed E-state index contributed by atoms with van der Waals surface area (Å²) < 4.78 is 5.85. The van der Waals surface area contributed by atoms with Crippen molar-refractivity contribution >= 4 is 5.69 Å². The molecule has 0 saturated carbocycles. The minimum absolute atomic E-state index is 0.377. The van der Waals surface area contributed by atoms with Crippen molar-refractivity contribution in [2.75, 3.05) is 11.6 Å². The standard InChI is InChI=1S/C17H20N2O2/c1-13(20)11-19-17-9-16(8-7-15(17)10-18-19)21-12-14-5-3-2-4-6-14/h2-9,13,18,20H,10-12H2,1H3/t13-/m1/s1. The minimum Gasteiger partial charge on any atom is -0.489 e. The summed E-state index contributed by atoms with van der Waals surface area (Å²) >= 11 is 0. The lowest BCUT2D eigenvalue weighted by Crippen LogP contribution is -2.37. The van der Waals surface area contributed by atoms with Crippen molar-refractivity contribution in [3.8, 4) is 5.75 Å². The molecule has 2 aromatic rings. The van der Waals surface area contributed by atoms with Gasteiger partial charge in [-0.1, -0.05) is 36.4 Å². The molecule has 3 rings (SSSR count). The van der Waals surface area contributed by atoms with E-state index in [4.69, 9.17) is 4.74 Å². The Morgan fingerprint density at radius 3 is 2.81 bits per heavy atom. The van der Waals surface area contributed by atoms with Gasteiger partial charge in [-0.25, -0.2) is 5.43 Å². The van der Waals surface area contributed by atoms with E-state index in [1.54, 1.807) is 6.92 Å². The Morgan fingerprint density at radius 1 is 1.24 bits per heavy atom. The van der Waals surface area contributed by atoms with Crippen LogP contribution in [0.15, 0.2) is 48.5 Å². The number of ether oxygens (including phenoxy) is 1. The number of aliphatic hydroxyl groups is 1. The lowest BCUT2D eigenvalue weighted by Gasteiger charge is -2.21. The first kappa shape index (κ1) is 13.9. The normalized spacial score (nSPS) is 14.9. The van der Waals surface area contributed by atoms with Crippen LogP contribution in [0.3, 0.4) is 0 Å². The van der Waals surface area contributed by atoms with Gasteiger partial charge in [-0.15, -0.1) is 0 Å². The van der Waals surface area contributed by atoms with Gasteiger partial charge in [0.25, 0.3) is 0 Å². The Bertz CT molecular complexity index is 599. The first-order valence-electron chi connectivity index (χ1n) is 7.21. The number of hydrazine groups is 1. The molecule has 0 radical (unpaired) electrons. The molecule has 1 aliphatic heterocycles. The van der Waals surface area contributed by atoms with Gasteiger partial charge < -0.3 is 14.9 Å². The highest BCUT2D eigenvalue weighted by Crippen LogP contribution is 2.29. The molecule has 0 fully saturated rings. The molecule has 4 nitrogen and oxygen atoms in total. The fraction of sp³-hybridized carbons (Fsp3) is 0.294. The predicted octanol–water partition coefficient (Wildman–Crippen LogP) is 2.47. The number of hydrogen-bond donors (Lipinski definition) is 2. The van der Waals surface area contributed by atoms with E-state index in [-0.39, 0.29) is 6.10 Å². The van der Waals surface area contributed by atoms with Gasteiger partial charge in [-0.2, -0.15) is 0 Å². The van der Waals surface area contributed by atoms with Gasteiger partial charge in [0.15, 0.2) is 0 Å². The molecule has 2 N–H and O–H groups in total. The third kappa shape index (κ3) is 3.35. The number of aliphatic hydroxyl groups excluding tert-OH is 1. The van der Waals surface area contributed by atoms with E-state index in [9.17, 15) is 5.11 Å². The van der Waals surface area contributed by atoms with Crippen molar-refractivity contribution < 1.29 is 9.84 Å². The number of nitrogens with zero attached hydrogens (tertiary/aromatic N) is 1. The minimum atomic E-state index is -0.377. The van der Waals surface area contributed by atoms with Crippen LogP contribution >= 0.6 is 0 Å². The van der Waals surface area contributed by atoms with Crippen LogP contribution in [0.2, 0.25) is 0 Å². The number of benzene rings is 2. The summed E-state index contributed by atoms with van der Waals surface area (Å²) in [6.07, 6.45) is -0.377. The third-order valence-electron chi connectivity index (χ3n) is 3.50. The lowest BCUT2D eigenvalue weighted by atomic mass is 10.2. The molecular formula is C17H20N2O2. The number of fused-ring (bicyclic) bond motifs is 1. The van der Waals surface area contributed by atoms with Crippen molar-refractivity contribution in [1.29, 1.82) is 0 Å². The van der Waals surface area contributed by atoms with Crippen LogP contribution in [0, 0.1) is 0 Å². The van der Waals surface area contributed by atoms with Crippen LogP contribution in [0.5, 0.6) is 5.75 Å². The molecule has 2 aromatic carbocycles. The van der Waals surface area contributed by atoms with E-state index >= 15 is 0 Å². The lowest BCUT2D eigenvalue weighted by molar-refractivity contribution is 0.197. The quantitative estimate of drug-likeness (QED) is 0.885. The second-order valence-electron chi connectivity index (χ2n) is 5.36. The van der Waals surface area contributed by atoms with Gasteiger partial charge >= 0.3 is 0 Å². The molecule has 0 bridgehead atoms. The van der Waals surface area contributed by atoms with Crippen LogP contribution < -0.4 is 15.2 Å². The van der Waals surface area contributed by atoms with Crippen molar-refractivity contribution in [3.63, 3.8) is 0 Å². The SMILES string of the molecule is C[C@@H](O)CN1NCc2ccc(OCc3ccccc3)cc21. The van der Waals surface area contributed by atoms with E-state index in [0.717, 1.165) is 23.5 Å². The number of hydrogen-bond acceptors (Lipinski definition) is 4. The van der Waals surface area contributed by atoms with Crippen LogP contribution in [-0.4, -0.2) is 17.8 Å². The average molecular weight is 284 g/mol. The first-order chi connectivity index (χ1) is 10.2. The Kier molecular flexibility index (Phi) is 4.08. The fourth-order valence-corrected chi connectivity index (χ4v) is 2.47. The maximum Gasteiger partial charge on any atom is 0.121 e. The second kappa shape index (κ2) is 6.16. The molecule has 1 aliphatic rings. The van der Waals surface area contributed by atoms with Crippen molar-refractivity contribution in [1.82, 2.24) is 5.43 Å². The molecule has 0 aliphatic carbocycles. The highest BCUT2D eigenvalue weighted by atomic mass is 16.5. The average Bonchev–Trinajstić information content (AvgIpc) is 2.88. The topological polar surface area (TPSA) is 44.7 Å². The van der Waals surface area contributed by atoms with Crippen molar-refractivity contribution in [2.45, 2.75) is 26.2 Å². The molecule has 0 aromatic heterocycles. The maximum atomic E-state index is 9.55. The van der Waals surface area contributed by atoms with Gasteiger partial charge in [-0.3, -0.25) is 0 Å². The molecule has 1 atom stereocenters. The number of nitrogens with one attached hydrogen (secondary N) is 1. The van der Waals surface area contributed by atoms with E-state index in [0.29, 0.717) is 13.2 Å².